The fourth-order valence-electron chi connectivity index (χ4n) is 3.60. The fraction of sp³-hybridized carbons (Fsp3) is 0.0714. The highest BCUT2D eigenvalue weighted by Crippen LogP contribution is 2.25. The van der Waals surface area contributed by atoms with Gasteiger partial charge < -0.3 is 10.1 Å². The first-order valence-electron chi connectivity index (χ1n) is 11.0. The monoisotopic (exact) mass is 459 g/mol. The highest BCUT2D eigenvalue weighted by molar-refractivity contribution is 5.94. The van der Waals surface area contributed by atoms with Crippen molar-refractivity contribution in [3.8, 4) is 28.7 Å². The smallest absolute Gasteiger partial charge is 0.251 e. The number of carbonyl (C=O) groups is 1. The lowest BCUT2D eigenvalue weighted by Crippen LogP contribution is -2.23. The number of hydrogen-bond donors (Lipinski definition) is 1. The SMILES string of the molecule is COc1ccc(-c2cccn3nc(C#Cc4cccc(C(=O)NCc5ccccn5)c4)nc23)cc1. The summed E-state index contributed by atoms with van der Waals surface area (Å²) in [5.41, 5.74) is 4.69. The Morgan fingerprint density at radius 2 is 1.89 bits per heavy atom. The van der Waals surface area contributed by atoms with Gasteiger partial charge in [-0.3, -0.25) is 9.78 Å². The van der Waals surface area contributed by atoms with Crippen LogP contribution in [0.25, 0.3) is 16.8 Å². The van der Waals surface area contributed by atoms with E-state index in [0.29, 0.717) is 29.1 Å². The number of methoxy groups -OCH3 is 1. The molecule has 0 fully saturated rings. The molecule has 0 bridgehead atoms. The van der Waals surface area contributed by atoms with Gasteiger partial charge in [-0.15, -0.1) is 5.10 Å². The molecule has 0 radical (unpaired) electrons. The summed E-state index contributed by atoms with van der Waals surface area (Å²) in [5, 5.41) is 7.37. The Morgan fingerprint density at radius 3 is 2.69 bits per heavy atom. The molecule has 1 amide bonds. The summed E-state index contributed by atoms with van der Waals surface area (Å²) < 4.78 is 6.96. The second-order valence-electron chi connectivity index (χ2n) is 7.69. The molecule has 170 valence electrons. The normalized spacial score (nSPS) is 10.4. The summed E-state index contributed by atoms with van der Waals surface area (Å²) in [6, 6.07) is 24.5. The third-order valence-corrected chi connectivity index (χ3v) is 5.36. The maximum Gasteiger partial charge on any atom is 0.251 e. The number of aromatic nitrogens is 4. The van der Waals surface area contributed by atoms with Gasteiger partial charge in [0.05, 0.1) is 19.3 Å². The molecule has 0 spiro atoms. The van der Waals surface area contributed by atoms with Gasteiger partial charge >= 0.3 is 0 Å². The molecule has 35 heavy (non-hydrogen) atoms. The number of ether oxygens (including phenoxy) is 1. The van der Waals surface area contributed by atoms with Crippen LogP contribution in [0.2, 0.25) is 0 Å². The molecule has 3 aromatic heterocycles. The Balaban J connectivity index is 1.36. The fourth-order valence-corrected chi connectivity index (χ4v) is 3.60. The summed E-state index contributed by atoms with van der Waals surface area (Å²) in [6.45, 7) is 0.358. The van der Waals surface area contributed by atoms with Crippen LogP contribution >= 0.6 is 0 Å². The first kappa shape index (κ1) is 21.9. The van der Waals surface area contributed by atoms with Crippen LogP contribution in [-0.4, -0.2) is 32.6 Å². The van der Waals surface area contributed by atoms with Crippen LogP contribution in [0.3, 0.4) is 0 Å². The van der Waals surface area contributed by atoms with Crippen molar-refractivity contribution in [1.29, 1.82) is 0 Å². The van der Waals surface area contributed by atoms with Crippen LogP contribution in [-0.2, 0) is 6.54 Å². The molecule has 5 rings (SSSR count). The molecule has 0 unspecified atom stereocenters. The van der Waals surface area contributed by atoms with Gasteiger partial charge in [-0.25, -0.2) is 4.52 Å². The molecule has 0 saturated heterocycles. The zero-order valence-electron chi connectivity index (χ0n) is 19.0. The van der Waals surface area contributed by atoms with Crippen LogP contribution in [0.4, 0.5) is 0 Å². The molecular weight excluding hydrogens is 438 g/mol. The van der Waals surface area contributed by atoms with Crippen molar-refractivity contribution in [3.05, 3.63) is 114 Å². The van der Waals surface area contributed by atoms with Gasteiger partial charge in [0.2, 0.25) is 5.82 Å². The van der Waals surface area contributed by atoms with Crippen LogP contribution in [0.1, 0.15) is 27.4 Å². The lowest BCUT2D eigenvalue weighted by Gasteiger charge is -2.05. The van der Waals surface area contributed by atoms with Crippen molar-refractivity contribution in [2.24, 2.45) is 0 Å². The molecule has 7 heteroatoms. The topological polar surface area (TPSA) is 81.4 Å². The minimum Gasteiger partial charge on any atom is -0.497 e. The molecule has 0 aliphatic rings. The first-order chi connectivity index (χ1) is 17.2. The highest BCUT2D eigenvalue weighted by Gasteiger charge is 2.09. The van der Waals surface area contributed by atoms with E-state index in [1.54, 1.807) is 36.0 Å². The summed E-state index contributed by atoms with van der Waals surface area (Å²) in [7, 11) is 1.64. The average molecular weight is 460 g/mol. The third kappa shape index (κ3) is 5.02. The number of rotatable bonds is 5. The van der Waals surface area contributed by atoms with E-state index in [1.807, 2.05) is 66.9 Å². The Hall–Kier alpha value is -4.96. The van der Waals surface area contributed by atoms with Crippen LogP contribution in [0.15, 0.2) is 91.3 Å². The van der Waals surface area contributed by atoms with E-state index in [2.05, 4.69) is 32.2 Å². The predicted octanol–water partition coefficient (Wildman–Crippen LogP) is 4.13. The Labute approximate surface area is 202 Å². The standard InChI is InChI=1S/C28H21N5O2/c1-35-24-13-11-21(12-14-24)25-9-5-17-33-27(25)31-26(32-33)15-10-20-6-4-7-22(18-20)28(34)30-19-23-8-2-3-16-29-23/h2-9,11-14,16-18H,19H2,1H3,(H,30,34). The van der Waals surface area contributed by atoms with Gasteiger partial charge in [0.1, 0.15) is 5.75 Å². The van der Waals surface area contributed by atoms with Crippen molar-refractivity contribution in [3.63, 3.8) is 0 Å². The molecule has 3 heterocycles. The lowest BCUT2D eigenvalue weighted by atomic mass is 10.1. The van der Waals surface area contributed by atoms with Crippen molar-refractivity contribution in [2.75, 3.05) is 7.11 Å². The number of nitrogens with one attached hydrogen (secondary N) is 1. The maximum atomic E-state index is 12.6. The van der Waals surface area contributed by atoms with Gasteiger partial charge in [0.25, 0.3) is 5.91 Å². The van der Waals surface area contributed by atoms with E-state index in [9.17, 15) is 4.79 Å². The minimum absolute atomic E-state index is 0.186. The van der Waals surface area contributed by atoms with Crippen molar-refractivity contribution in [2.45, 2.75) is 6.54 Å². The molecule has 2 aromatic carbocycles. The van der Waals surface area contributed by atoms with Gasteiger partial charge in [-0.05, 0) is 66.1 Å². The van der Waals surface area contributed by atoms with E-state index < -0.39 is 0 Å². The Bertz CT molecular complexity index is 1550. The van der Waals surface area contributed by atoms with E-state index >= 15 is 0 Å². The molecule has 7 nitrogen and oxygen atoms in total. The number of hydrogen-bond acceptors (Lipinski definition) is 5. The first-order valence-corrected chi connectivity index (χ1v) is 11.0. The molecule has 0 atom stereocenters. The number of fused-ring (bicyclic) bond motifs is 1. The van der Waals surface area contributed by atoms with E-state index in [1.165, 1.54) is 0 Å². The highest BCUT2D eigenvalue weighted by atomic mass is 16.5. The van der Waals surface area contributed by atoms with Gasteiger partial charge in [-0.1, -0.05) is 30.2 Å². The third-order valence-electron chi connectivity index (χ3n) is 5.36. The molecule has 0 aliphatic heterocycles. The quantitative estimate of drug-likeness (QED) is 0.400. The number of carbonyl (C=O) groups excluding carboxylic acids is 1. The molecule has 5 aromatic rings. The Kier molecular flexibility index (Phi) is 6.18. The summed E-state index contributed by atoms with van der Waals surface area (Å²) in [4.78, 5) is 21.4. The summed E-state index contributed by atoms with van der Waals surface area (Å²) >= 11 is 0. The number of nitrogens with zero attached hydrogens (tertiary/aromatic N) is 4. The lowest BCUT2D eigenvalue weighted by molar-refractivity contribution is 0.0950. The zero-order valence-corrected chi connectivity index (χ0v) is 19.0. The maximum absolute atomic E-state index is 12.6. The van der Waals surface area contributed by atoms with Crippen molar-refractivity contribution >= 4 is 11.6 Å². The van der Waals surface area contributed by atoms with Crippen molar-refractivity contribution < 1.29 is 9.53 Å². The van der Waals surface area contributed by atoms with E-state index in [0.717, 1.165) is 22.6 Å². The summed E-state index contributed by atoms with van der Waals surface area (Å²) in [5.74, 6) is 7.09. The van der Waals surface area contributed by atoms with Crippen LogP contribution in [0, 0.1) is 11.8 Å². The van der Waals surface area contributed by atoms with Gasteiger partial charge in [-0.2, -0.15) is 4.98 Å². The largest absolute Gasteiger partial charge is 0.497 e. The molecule has 1 N–H and O–H groups in total. The zero-order chi connectivity index (χ0) is 24.0. The molecule has 0 aliphatic carbocycles. The van der Waals surface area contributed by atoms with E-state index in [-0.39, 0.29) is 5.91 Å². The second-order valence-corrected chi connectivity index (χ2v) is 7.69. The molecular formula is C28H21N5O2. The van der Waals surface area contributed by atoms with Gasteiger partial charge in [0, 0.05) is 29.1 Å². The number of benzene rings is 2. The minimum atomic E-state index is -0.186. The van der Waals surface area contributed by atoms with Crippen LogP contribution in [0.5, 0.6) is 5.75 Å². The van der Waals surface area contributed by atoms with Crippen LogP contribution < -0.4 is 10.1 Å². The second kappa shape index (κ2) is 9.89. The van der Waals surface area contributed by atoms with Gasteiger partial charge in [0.15, 0.2) is 5.65 Å². The van der Waals surface area contributed by atoms with Crippen molar-refractivity contribution in [1.82, 2.24) is 24.9 Å². The average Bonchev–Trinajstić information content (AvgIpc) is 3.35. The number of pyridine rings is 2. The Morgan fingerprint density at radius 1 is 1.00 bits per heavy atom. The number of amides is 1. The summed E-state index contributed by atoms with van der Waals surface area (Å²) in [6.07, 6.45) is 3.54. The predicted molar refractivity (Wildman–Crippen MR) is 133 cm³/mol. The molecule has 0 saturated carbocycles. The van der Waals surface area contributed by atoms with E-state index in [4.69, 9.17) is 4.74 Å².